The number of hydrogen-bond acceptors (Lipinski definition) is 3. The van der Waals surface area contributed by atoms with E-state index in [1.54, 1.807) is 13.8 Å². The van der Waals surface area contributed by atoms with Gasteiger partial charge in [-0.1, -0.05) is 0 Å². The molecule has 9 heavy (non-hydrogen) atoms. The van der Waals surface area contributed by atoms with Gasteiger partial charge in [0.2, 0.25) is 5.91 Å². The Kier molecular flexibility index (Phi) is 9.21. The summed E-state index contributed by atoms with van der Waals surface area (Å²) >= 11 is 0. The van der Waals surface area contributed by atoms with Crippen LogP contribution in [0.3, 0.4) is 0 Å². The van der Waals surface area contributed by atoms with E-state index in [4.69, 9.17) is 10.2 Å². The van der Waals surface area contributed by atoms with Crippen molar-refractivity contribution in [3.8, 4) is 0 Å². The molecular formula is C5H13NO3. The van der Waals surface area contributed by atoms with Gasteiger partial charge in [0.25, 0.3) is 0 Å². The van der Waals surface area contributed by atoms with Crippen LogP contribution >= 0.6 is 0 Å². The predicted molar refractivity (Wildman–Crippen MR) is 33.6 cm³/mol. The Morgan fingerprint density at radius 2 is 1.78 bits per heavy atom. The molecule has 0 aromatic heterocycles. The number of primary amides is 1. The first-order valence-electron chi connectivity index (χ1n) is 2.58. The Labute approximate surface area is 54.3 Å². The lowest BCUT2D eigenvalue weighted by Crippen LogP contribution is -2.14. The Balaban J connectivity index is 0. The highest BCUT2D eigenvalue weighted by Crippen LogP contribution is 1.65. The van der Waals surface area contributed by atoms with E-state index in [9.17, 15) is 4.79 Å². The molecule has 4 nitrogen and oxygen atoms in total. The Morgan fingerprint density at radius 3 is 1.78 bits per heavy atom. The third-order valence-electron chi connectivity index (χ3n) is 0.156. The number of aliphatic hydroxyl groups is 2. The smallest absolute Gasteiger partial charge is 0.243 e. The summed E-state index contributed by atoms with van der Waals surface area (Å²) in [4.78, 5) is 9.34. The fourth-order valence-corrected chi connectivity index (χ4v) is 0. The lowest BCUT2D eigenvalue weighted by molar-refractivity contribution is -0.120. The molecule has 0 aliphatic heterocycles. The van der Waals surface area contributed by atoms with Crippen molar-refractivity contribution in [3.63, 3.8) is 0 Å². The number of rotatable bonds is 1. The minimum absolute atomic E-state index is 0.167. The first-order chi connectivity index (χ1) is 4.00. The maximum absolute atomic E-state index is 9.34. The van der Waals surface area contributed by atoms with Crippen LogP contribution < -0.4 is 5.73 Å². The number of amides is 1. The molecule has 0 fully saturated rings. The molecule has 0 bridgehead atoms. The molecule has 0 saturated heterocycles. The van der Waals surface area contributed by atoms with E-state index in [-0.39, 0.29) is 6.10 Å². The molecule has 1 amide bonds. The van der Waals surface area contributed by atoms with Gasteiger partial charge in [-0.2, -0.15) is 0 Å². The summed E-state index contributed by atoms with van der Waals surface area (Å²) in [6.07, 6.45) is -0.167. The molecule has 0 rings (SSSR count). The number of hydrogen-bond donors (Lipinski definition) is 3. The zero-order valence-corrected chi connectivity index (χ0v) is 5.66. The van der Waals surface area contributed by atoms with Crippen molar-refractivity contribution in [2.24, 2.45) is 5.73 Å². The van der Waals surface area contributed by atoms with Gasteiger partial charge in [0.05, 0.1) is 0 Å². The molecule has 0 saturated carbocycles. The monoisotopic (exact) mass is 135 g/mol. The number of carbonyl (C=O) groups is 1. The Bertz CT molecular complexity index is 69.8. The van der Waals surface area contributed by atoms with E-state index in [0.717, 1.165) is 0 Å². The third-order valence-corrected chi connectivity index (χ3v) is 0.156. The third kappa shape index (κ3) is 111. The van der Waals surface area contributed by atoms with Crippen LogP contribution in [-0.4, -0.2) is 28.8 Å². The molecular weight excluding hydrogens is 122 g/mol. The Hall–Kier alpha value is -0.610. The van der Waals surface area contributed by atoms with Crippen molar-refractivity contribution in [1.82, 2.24) is 0 Å². The summed E-state index contributed by atoms with van der Waals surface area (Å²) in [5, 5.41) is 15.7. The van der Waals surface area contributed by atoms with Gasteiger partial charge in [0, 0.05) is 6.10 Å². The van der Waals surface area contributed by atoms with Gasteiger partial charge in [-0.3, -0.25) is 4.79 Å². The topological polar surface area (TPSA) is 83.5 Å². The second-order valence-electron chi connectivity index (χ2n) is 1.72. The average Bonchev–Trinajstić information content (AvgIpc) is 1.65. The van der Waals surface area contributed by atoms with Crippen LogP contribution in [0.15, 0.2) is 0 Å². The molecule has 0 heterocycles. The first-order valence-corrected chi connectivity index (χ1v) is 2.58. The van der Waals surface area contributed by atoms with Gasteiger partial charge < -0.3 is 15.9 Å². The number of aliphatic hydroxyl groups excluding tert-OH is 2. The minimum atomic E-state index is -0.690. The van der Waals surface area contributed by atoms with Gasteiger partial charge in [-0.05, 0) is 13.8 Å². The highest BCUT2D eigenvalue weighted by molar-refractivity contribution is 5.74. The molecule has 56 valence electrons. The minimum Gasteiger partial charge on any atom is -0.394 e. The summed E-state index contributed by atoms with van der Waals surface area (Å²) in [6.45, 7) is 2.89. The molecule has 0 aliphatic rings. The molecule has 4 N–H and O–H groups in total. The highest BCUT2D eigenvalue weighted by Gasteiger charge is 1.78. The average molecular weight is 135 g/mol. The predicted octanol–water partition coefficient (Wildman–Crippen LogP) is -1.15. The second kappa shape index (κ2) is 7.39. The van der Waals surface area contributed by atoms with Crippen LogP contribution in [-0.2, 0) is 4.79 Å². The normalized spacial score (nSPS) is 8.11. The van der Waals surface area contributed by atoms with Crippen molar-refractivity contribution in [2.75, 3.05) is 6.61 Å². The van der Waals surface area contributed by atoms with Crippen LogP contribution in [0.5, 0.6) is 0 Å². The fourth-order valence-electron chi connectivity index (χ4n) is 0. The standard InChI is InChI=1S/C3H8O.C2H5NO2/c1-3(2)4;3-2(5)1-4/h3-4H,1-2H3;4H,1H2,(H2,3,5). The van der Waals surface area contributed by atoms with Crippen molar-refractivity contribution in [3.05, 3.63) is 0 Å². The maximum atomic E-state index is 9.34. The van der Waals surface area contributed by atoms with Gasteiger partial charge in [-0.15, -0.1) is 0 Å². The number of carbonyl (C=O) groups excluding carboxylic acids is 1. The van der Waals surface area contributed by atoms with Crippen LogP contribution in [0.25, 0.3) is 0 Å². The van der Waals surface area contributed by atoms with Gasteiger partial charge >= 0.3 is 0 Å². The summed E-state index contributed by atoms with van der Waals surface area (Å²) < 4.78 is 0. The highest BCUT2D eigenvalue weighted by atomic mass is 16.3. The van der Waals surface area contributed by atoms with Crippen molar-refractivity contribution < 1.29 is 15.0 Å². The molecule has 0 atom stereocenters. The molecule has 0 radical (unpaired) electrons. The Morgan fingerprint density at radius 1 is 1.67 bits per heavy atom. The van der Waals surface area contributed by atoms with E-state index in [1.807, 2.05) is 0 Å². The van der Waals surface area contributed by atoms with E-state index in [0.29, 0.717) is 0 Å². The van der Waals surface area contributed by atoms with E-state index in [1.165, 1.54) is 0 Å². The van der Waals surface area contributed by atoms with Crippen LogP contribution in [0, 0.1) is 0 Å². The van der Waals surface area contributed by atoms with Crippen molar-refractivity contribution >= 4 is 5.91 Å². The van der Waals surface area contributed by atoms with Crippen LogP contribution in [0.2, 0.25) is 0 Å². The molecule has 0 spiro atoms. The van der Waals surface area contributed by atoms with Crippen LogP contribution in [0.1, 0.15) is 13.8 Å². The van der Waals surface area contributed by atoms with Gasteiger partial charge in [0.1, 0.15) is 6.61 Å². The van der Waals surface area contributed by atoms with E-state index in [2.05, 4.69) is 5.73 Å². The number of nitrogens with two attached hydrogens (primary N) is 1. The summed E-state index contributed by atoms with van der Waals surface area (Å²) in [6, 6.07) is 0. The SMILES string of the molecule is CC(C)O.NC(=O)CO. The molecule has 0 aromatic carbocycles. The maximum Gasteiger partial charge on any atom is 0.243 e. The van der Waals surface area contributed by atoms with Crippen molar-refractivity contribution in [1.29, 1.82) is 0 Å². The zero-order valence-electron chi connectivity index (χ0n) is 5.66. The summed E-state index contributed by atoms with van der Waals surface area (Å²) in [5.41, 5.74) is 4.40. The fraction of sp³-hybridized carbons (Fsp3) is 0.800. The van der Waals surface area contributed by atoms with Gasteiger partial charge in [-0.25, -0.2) is 0 Å². The van der Waals surface area contributed by atoms with E-state index >= 15 is 0 Å². The first kappa shape index (κ1) is 11.2. The largest absolute Gasteiger partial charge is 0.394 e. The lowest BCUT2D eigenvalue weighted by atomic mass is 10.5. The quantitative estimate of drug-likeness (QED) is 0.424. The second-order valence-corrected chi connectivity index (χ2v) is 1.72. The summed E-state index contributed by atoms with van der Waals surface area (Å²) in [7, 11) is 0. The molecule has 4 heteroatoms. The lowest BCUT2D eigenvalue weighted by Gasteiger charge is -1.80. The summed E-state index contributed by atoms with van der Waals surface area (Å²) in [5.74, 6) is -0.690. The molecule has 0 aliphatic carbocycles. The zero-order chi connectivity index (χ0) is 7.86. The van der Waals surface area contributed by atoms with E-state index < -0.39 is 12.5 Å². The van der Waals surface area contributed by atoms with Crippen molar-refractivity contribution in [2.45, 2.75) is 20.0 Å². The van der Waals surface area contributed by atoms with Gasteiger partial charge in [0.15, 0.2) is 0 Å². The van der Waals surface area contributed by atoms with Crippen LogP contribution in [0.4, 0.5) is 0 Å². The molecule has 0 aromatic rings. The molecule has 0 unspecified atom stereocenters.